The maximum Gasteiger partial charge on any atom is 1.00 e. The number of unbranched alkanes of at least 4 members (excludes halogenated alkanes) is 6. The number of rotatable bonds is 13. The van der Waals surface area contributed by atoms with Gasteiger partial charge in [-0.3, -0.25) is 0 Å². The van der Waals surface area contributed by atoms with E-state index in [1.54, 1.807) is 6.07 Å². The van der Waals surface area contributed by atoms with Gasteiger partial charge in [0.25, 0.3) is 0 Å². The molecule has 1 aromatic rings. The first-order valence-electron chi connectivity index (χ1n) is 9.18. The third kappa shape index (κ3) is 10.6. The number of ether oxygens (including phenoxy) is 1. The Hall–Kier alpha value is -0.0700. The molecule has 1 rings (SSSR count). The molecule has 1 aromatic carbocycles. The molecule has 0 aliphatic rings. The second-order valence-electron chi connectivity index (χ2n) is 6.31. The number of hydrogen-bond donors (Lipinski definition) is 0. The molecule has 1 atom stereocenters. The summed E-state index contributed by atoms with van der Waals surface area (Å²) in [5.74, 6) is 0.529. The van der Waals surface area contributed by atoms with Gasteiger partial charge in [-0.15, -0.1) is 0 Å². The smallest absolute Gasteiger partial charge is 0.745 e. The molecule has 0 radical (unpaired) electrons. The molecular formula is C19H31NaO4S. The molecule has 0 saturated heterocycles. The van der Waals surface area contributed by atoms with Gasteiger partial charge in [-0.25, -0.2) is 8.42 Å². The second kappa shape index (κ2) is 14.0. The first kappa shape index (κ1) is 24.9. The zero-order valence-electron chi connectivity index (χ0n) is 16.0. The van der Waals surface area contributed by atoms with Crippen LogP contribution in [-0.2, 0) is 16.5 Å². The van der Waals surface area contributed by atoms with Crippen molar-refractivity contribution >= 4 is 10.1 Å². The summed E-state index contributed by atoms with van der Waals surface area (Å²) in [6.07, 6.45) is 10.2. The van der Waals surface area contributed by atoms with Gasteiger partial charge in [-0.2, -0.15) is 0 Å². The fourth-order valence-electron chi connectivity index (χ4n) is 2.74. The van der Waals surface area contributed by atoms with Crippen LogP contribution in [-0.4, -0.2) is 18.4 Å². The van der Waals surface area contributed by atoms with Crippen molar-refractivity contribution in [3.63, 3.8) is 0 Å². The van der Waals surface area contributed by atoms with E-state index >= 15 is 0 Å². The standard InChI is InChI=1S/C19H32O4S.Na/c1-3-5-6-7-8-9-10-14-17-15-11-12-16-18(17)23-19(13-4-2)24(20,21)22;/h11-12,15-16,19H,3-10,13-14H2,1-2H3,(H,20,21,22);/q;+1/p-1. The van der Waals surface area contributed by atoms with Crippen molar-refractivity contribution in [3.8, 4) is 5.75 Å². The molecule has 4 nitrogen and oxygen atoms in total. The molecule has 0 heterocycles. The van der Waals surface area contributed by atoms with Crippen LogP contribution in [0, 0.1) is 0 Å². The molecule has 0 aliphatic heterocycles. The molecule has 0 amide bonds. The summed E-state index contributed by atoms with van der Waals surface area (Å²) < 4.78 is 39.6. The number of aryl methyl sites for hydroxylation is 1. The van der Waals surface area contributed by atoms with Crippen molar-refractivity contribution in [2.75, 3.05) is 0 Å². The van der Waals surface area contributed by atoms with E-state index in [1.807, 2.05) is 25.1 Å². The van der Waals surface area contributed by atoms with E-state index in [1.165, 1.54) is 32.1 Å². The number of benzene rings is 1. The largest absolute Gasteiger partial charge is 1.00 e. The summed E-state index contributed by atoms with van der Waals surface area (Å²) in [6.45, 7) is 4.05. The predicted molar refractivity (Wildman–Crippen MR) is 97.2 cm³/mol. The first-order valence-corrected chi connectivity index (χ1v) is 10.7. The predicted octanol–water partition coefficient (Wildman–Crippen LogP) is 2.03. The van der Waals surface area contributed by atoms with E-state index in [0.717, 1.165) is 24.8 Å². The minimum absolute atomic E-state index is 0. The molecule has 1 unspecified atom stereocenters. The molecule has 138 valence electrons. The van der Waals surface area contributed by atoms with Crippen molar-refractivity contribution in [1.82, 2.24) is 0 Å². The quantitative estimate of drug-likeness (QED) is 0.299. The maximum absolute atomic E-state index is 11.3. The van der Waals surface area contributed by atoms with Crippen LogP contribution in [0.2, 0.25) is 0 Å². The monoisotopic (exact) mass is 378 g/mol. The van der Waals surface area contributed by atoms with Gasteiger partial charge in [0.1, 0.15) is 15.9 Å². The van der Waals surface area contributed by atoms with E-state index < -0.39 is 15.6 Å². The molecule has 0 N–H and O–H groups in total. The zero-order valence-corrected chi connectivity index (χ0v) is 18.8. The van der Waals surface area contributed by atoms with E-state index in [-0.39, 0.29) is 36.0 Å². The molecule has 0 aliphatic carbocycles. The topological polar surface area (TPSA) is 66.4 Å². The van der Waals surface area contributed by atoms with E-state index in [9.17, 15) is 13.0 Å². The summed E-state index contributed by atoms with van der Waals surface area (Å²) in [5.41, 5.74) is -0.312. The average molecular weight is 379 g/mol. The Morgan fingerprint density at radius 2 is 1.56 bits per heavy atom. The fourth-order valence-corrected chi connectivity index (χ4v) is 3.48. The van der Waals surface area contributed by atoms with Gasteiger partial charge in [0.2, 0.25) is 0 Å². The zero-order chi connectivity index (χ0) is 17.8. The summed E-state index contributed by atoms with van der Waals surface area (Å²) >= 11 is 0. The molecule has 0 bridgehead atoms. The molecule has 6 heteroatoms. The van der Waals surface area contributed by atoms with Gasteiger partial charge in [0.15, 0.2) is 5.44 Å². The summed E-state index contributed by atoms with van der Waals surface area (Å²) in [6, 6.07) is 7.44. The molecular weight excluding hydrogens is 347 g/mol. The van der Waals surface area contributed by atoms with Crippen LogP contribution in [0.5, 0.6) is 5.75 Å². The fraction of sp³-hybridized carbons (Fsp3) is 0.684. The molecule has 0 fully saturated rings. The minimum Gasteiger partial charge on any atom is -0.745 e. The minimum atomic E-state index is -4.45. The average Bonchev–Trinajstić information content (AvgIpc) is 2.54. The van der Waals surface area contributed by atoms with Gasteiger partial charge in [0, 0.05) is 0 Å². The SMILES string of the molecule is CCCCCCCCCc1ccccc1OC(CCC)S(=O)(=O)[O-].[Na+]. The van der Waals surface area contributed by atoms with Crippen molar-refractivity contribution in [3.05, 3.63) is 29.8 Å². The van der Waals surface area contributed by atoms with E-state index in [2.05, 4.69) is 6.92 Å². The summed E-state index contributed by atoms with van der Waals surface area (Å²) in [7, 11) is -4.45. The van der Waals surface area contributed by atoms with Gasteiger partial charge in [-0.1, -0.05) is 77.0 Å². The Balaban J connectivity index is 0.00000576. The van der Waals surface area contributed by atoms with Crippen molar-refractivity contribution < 1.29 is 47.3 Å². The van der Waals surface area contributed by atoms with Crippen molar-refractivity contribution in [2.45, 2.75) is 83.5 Å². The van der Waals surface area contributed by atoms with E-state index in [0.29, 0.717) is 12.2 Å². The molecule has 25 heavy (non-hydrogen) atoms. The van der Waals surface area contributed by atoms with Gasteiger partial charge in [0.05, 0.1) is 0 Å². The van der Waals surface area contributed by atoms with Crippen LogP contribution in [0.4, 0.5) is 0 Å². The normalized spacial score (nSPS) is 12.4. The Kier molecular flexibility index (Phi) is 14.0. The molecule has 0 saturated carbocycles. The van der Waals surface area contributed by atoms with Crippen LogP contribution < -0.4 is 34.3 Å². The molecule has 0 aromatic heterocycles. The first-order chi connectivity index (χ1) is 11.5. The number of para-hydroxylation sites is 1. The Labute approximate surface area is 175 Å². The Morgan fingerprint density at radius 1 is 0.960 bits per heavy atom. The Morgan fingerprint density at radius 3 is 2.16 bits per heavy atom. The summed E-state index contributed by atoms with van der Waals surface area (Å²) in [4.78, 5) is 0. The van der Waals surface area contributed by atoms with Gasteiger partial charge < -0.3 is 9.29 Å². The van der Waals surface area contributed by atoms with Crippen molar-refractivity contribution in [2.24, 2.45) is 0 Å². The van der Waals surface area contributed by atoms with E-state index in [4.69, 9.17) is 4.74 Å². The summed E-state index contributed by atoms with van der Waals surface area (Å²) in [5, 5.41) is 0. The van der Waals surface area contributed by atoms with Crippen LogP contribution in [0.3, 0.4) is 0 Å². The van der Waals surface area contributed by atoms with Crippen LogP contribution in [0.1, 0.15) is 77.2 Å². The molecule has 0 spiro atoms. The second-order valence-corrected chi connectivity index (χ2v) is 7.82. The van der Waals surface area contributed by atoms with Crippen LogP contribution in [0.15, 0.2) is 24.3 Å². The maximum atomic E-state index is 11.3. The van der Waals surface area contributed by atoms with Crippen LogP contribution in [0.25, 0.3) is 0 Å². The Bertz CT molecular complexity index is 560. The van der Waals surface area contributed by atoms with Crippen molar-refractivity contribution in [1.29, 1.82) is 0 Å². The van der Waals surface area contributed by atoms with Gasteiger partial charge in [-0.05, 0) is 30.9 Å². The van der Waals surface area contributed by atoms with Crippen LogP contribution >= 0.6 is 0 Å². The number of hydrogen-bond acceptors (Lipinski definition) is 4. The third-order valence-electron chi connectivity index (χ3n) is 4.13. The third-order valence-corrected chi connectivity index (χ3v) is 5.10. The van der Waals surface area contributed by atoms with Gasteiger partial charge >= 0.3 is 29.6 Å².